The van der Waals surface area contributed by atoms with Gasteiger partial charge in [-0.05, 0) is 43.0 Å². The van der Waals surface area contributed by atoms with Crippen molar-refractivity contribution in [2.75, 3.05) is 26.7 Å². The van der Waals surface area contributed by atoms with Crippen LogP contribution in [0.3, 0.4) is 0 Å². The summed E-state index contributed by atoms with van der Waals surface area (Å²) in [6.07, 6.45) is 4.08. The molecular weight excluding hydrogens is 328 g/mol. The molecule has 6 nitrogen and oxygen atoms in total. The molecule has 7 heteroatoms. The van der Waals surface area contributed by atoms with Crippen LogP contribution in [0.4, 0.5) is 0 Å². The van der Waals surface area contributed by atoms with Gasteiger partial charge in [0.25, 0.3) is 0 Å². The van der Waals surface area contributed by atoms with E-state index < -0.39 is 10.0 Å². The predicted octanol–water partition coefficient (Wildman–Crippen LogP) is 1.71. The number of rotatable bonds is 8. The number of methoxy groups -OCH3 is 1. The van der Waals surface area contributed by atoms with Crippen LogP contribution >= 0.6 is 0 Å². The number of hydrogen-bond acceptors (Lipinski definition) is 4. The summed E-state index contributed by atoms with van der Waals surface area (Å²) in [6, 6.07) is 4.83. The molecule has 1 N–H and O–H groups in total. The smallest absolute Gasteiger partial charge is 0.243 e. The van der Waals surface area contributed by atoms with Crippen LogP contribution < -0.4 is 10.1 Å². The summed E-state index contributed by atoms with van der Waals surface area (Å²) in [5.41, 5.74) is 0.714. The van der Waals surface area contributed by atoms with Crippen molar-refractivity contribution in [2.45, 2.75) is 30.6 Å². The van der Waals surface area contributed by atoms with Gasteiger partial charge in [-0.15, -0.1) is 6.58 Å². The third-order valence-electron chi connectivity index (χ3n) is 4.02. The van der Waals surface area contributed by atoms with Gasteiger partial charge in [0, 0.05) is 26.1 Å². The fourth-order valence-electron chi connectivity index (χ4n) is 2.71. The molecule has 0 bridgehead atoms. The largest absolute Gasteiger partial charge is 0.496 e. The maximum atomic E-state index is 12.7. The Labute approximate surface area is 143 Å². The van der Waals surface area contributed by atoms with E-state index in [1.54, 1.807) is 24.3 Å². The summed E-state index contributed by atoms with van der Waals surface area (Å²) in [6.45, 7) is 5.09. The number of aryl methyl sites for hydroxylation is 1. The van der Waals surface area contributed by atoms with E-state index in [-0.39, 0.29) is 17.2 Å². The van der Waals surface area contributed by atoms with Gasteiger partial charge >= 0.3 is 0 Å². The molecule has 0 aromatic heterocycles. The van der Waals surface area contributed by atoms with Crippen molar-refractivity contribution in [1.82, 2.24) is 9.62 Å². The van der Waals surface area contributed by atoms with Crippen molar-refractivity contribution < 1.29 is 17.9 Å². The third kappa shape index (κ3) is 4.36. The number of hydrogen-bond donors (Lipinski definition) is 1. The first kappa shape index (κ1) is 18.5. The summed E-state index contributed by atoms with van der Waals surface area (Å²) in [7, 11) is -1.94. The zero-order chi connectivity index (χ0) is 17.6. The van der Waals surface area contributed by atoms with E-state index in [4.69, 9.17) is 4.74 Å². The maximum absolute atomic E-state index is 12.7. The Morgan fingerprint density at radius 2 is 2.08 bits per heavy atom. The monoisotopic (exact) mass is 352 g/mol. The number of nitrogens with zero attached hydrogens (tertiary/aromatic N) is 1. The molecule has 0 spiro atoms. The van der Waals surface area contributed by atoms with Crippen LogP contribution in [-0.2, 0) is 21.2 Å². The van der Waals surface area contributed by atoms with Crippen molar-refractivity contribution in [2.24, 2.45) is 0 Å². The Morgan fingerprint density at radius 1 is 1.38 bits per heavy atom. The Bertz CT molecular complexity index is 695. The number of benzene rings is 1. The van der Waals surface area contributed by atoms with Gasteiger partial charge in [-0.1, -0.05) is 6.08 Å². The fourth-order valence-corrected chi connectivity index (χ4v) is 4.28. The van der Waals surface area contributed by atoms with Crippen molar-refractivity contribution in [3.8, 4) is 5.75 Å². The van der Waals surface area contributed by atoms with Crippen molar-refractivity contribution in [3.05, 3.63) is 36.4 Å². The van der Waals surface area contributed by atoms with E-state index in [2.05, 4.69) is 11.9 Å². The highest BCUT2D eigenvalue weighted by atomic mass is 32.2. The summed E-state index contributed by atoms with van der Waals surface area (Å²) in [5.74, 6) is 0.483. The van der Waals surface area contributed by atoms with Gasteiger partial charge in [-0.25, -0.2) is 8.42 Å². The molecule has 0 aliphatic carbocycles. The number of sulfonamides is 1. The minimum absolute atomic E-state index is 0.107. The van der Waals surface area contributed by atoms with Gasteiger partial charge in [-0.2, -0.15) is 4.31 Å². The van der Waals surface area contributed by atoms with Gasteiger partial charge in [0.1, 0.15) is 5.75 Å². The van der Waals surface area contributed by atoms with Crippen LogP contribution in [0.15, 0.2) is 35.7 Å². The van der Waals surface area contributed by atoms with Crippen molar-refractivity contribution >= 4 is 15.9 Å². The molecule has 1 aliphatic rings. The normalized spacial score (nSPS) is 15.2. The molecule has 1 heterocycles. The van der Waals surface area contributed by atoms with E-state index >= 15 is 0 Å². The minimum atomic E-state index is -3.47. The van der Waals surface area contributed by atoms with E-state index in [0.717, 1.165) is 12.8 Å². The molecule has 1 aromatic carbocycles. The molecule has 1 saturated heterocycles. The molecule has 1 amide bonds. The first-order chi connectivity index (χ1) is 11.5. The number of carbonyl (C=O) groups excluding carboxylic acids is 1. The third-order valence-corrected chi connectivity index (χ3v) is 5.91. The maximum Gasteiger partial charge on any atom is 0.243 e. The second-order valence-corrected chi connectivity index (χ2v) is 7.62. The van der Waals surface area contributed by atoms with Gasteiger partial charge in [0.05, 0.1) is 12.0 Å². The lowest BCUT2D eigenvalue weighted by molar-refractivity contribution is -0.120. The summed E-state index contributed by atoms with van der Waals surface area (Å²) in [5, 5.41) is 2.71. The lowest BCUT2D eigenvalue weighted by Gasteiger charge is -2.17. The lowest BCUT2D eigenvalue weighted by atomic mass is 10.1. The van der Waals surface area contributed by atoms with Crippen LogP contribution in [0, 0.1) is 0 Å². The van der Waals surface area contributed by atoms with Crippen LogP contribution in [0.25, 0.3) is 0 Å². The molecule has 0 saturated carbocycles. The highest BCUT2D eigenvalue weighted by molar-refractivity contribution is 7.89. The molecule has 0 radical (unpaired) electrons. The van der Waals surface area contributed by atoms with Gasteiger partial charge < -0.3 is 10.1 Å². The molecule has 1 fully saturated rings. The number of nitrogens with one attached hydrogen (secondary N) is 1. The molecule has 0 atom stereocenters. The highest BCUT2D eigenvalue weighted by Crippen LogP contribution is 2.27. The number of carbonyl (C=O) groups is 1. The van der Waals surface area contributed by atoms with Crippen LogP contribution in [-0.4, -0.2) is 45.4 Å². The molecule has 1 aliphatic heterocycles. The molecule has 2 rings (SSSR count). The van der Waals surface area contributed by atoms with E-state index in [1.807, 2.05) is 0 Å². The number of ether oxygens (including phenoxy) is 1. The fraction of sp³-hybridized carbons (Fsp3) is 0.471. The Balaban J connectivity index is 2.17. The molecule has 132 valence electrons. The predicted molar refractivity (Wildman–Crippen MR) is 92.5 cm³/mol. The first-order valence-corrected chi connectivity index (χ1v) is 9.47. The molecule has 24 heavy (non-hydrogen) atoms. The van der Waals surface area contributed by atoms with Gasteiger partial charge in [0.2, 0.25) is 15.9 Å². The molecule has 0 unspecified atom stereocenters. The second kappa shape index (κ2) is 8.30. The summed E-state index contributed by atoms with van der Waals surface area (Å²) in [4.78, 5) is 12.0. The first-order valence-electron chi connectivity index (χ1n) is 8.03. The summed E-state index contributed by atoms with van der Waals surface area (Å²) < 4.78 is 32.1. The average molecular weight is 352 g/mol. The van der Waals surface area contributed by atoms with Crippen molar-refractivity contribution in [1.29, 1.82) is 0 Å². The Hall–Kier alpha value is -1.86. The zero-order valence-electron chi connectivity index (χ0n) is 14.0. The topological polar surface area (TPSA) is 75.7 Å². The Kier molecular flexibility index (Phi) is 6.39. The highest BCUT2D eigenvalue weighted by Gasteiger charge is 2.27. The second-order valence-electron chi connectivity index (χ2n) is 5.68. The van der Waals surface area contributed by atoms with Crippen LogP contribution in [0.2, 0.25) is 0 Å². The molecular formula is C17H24N2O4S. The molecule has 1 aromatic rings. The van der Waals surface area contributed by atoms with E-state index in [1.165, 1.54) is 11.4 Å². The Morgan fingerprint density at radius 3 is 2.71 bits per heavy atom. The lowest BCUT2D eigenvalue weighted by Crippen LogP contribution is -2.28. The van der Waals surface area contributed by atoms with E-state index in [0.29, 0.717) is 37.4 Å². The zero-order valence-corrected chi connectivity index (χ0v) is 14.8. The quantitative estimate of drug-likeness (QED) is 0.723. The standard InChI is InChI=1S/C17H24N2O4S/c1-3-10-18-17(20)9-6-14-13-15(7-8-16(14)23-2)24(21,22)19-11-4-5-12-19/h3,7-8,13H,1,4-6,9-12H2,2H3,(H,18,20). The summed E-state index contributed by atoms with van der Waals surface area (Å²) >= 11 is 0. The van der Waals surface area contributed by atoms with Crippen molar-refractivity contribution in [3.63, 3.8) is 0 Å². The number of amides is 1. The SMILES string of the molecule is C=CCNC(=O)CCc1cc(S(=O)(=O)N2CCCC2)ccc1OC. The van der Waals surface area contributed by atoms with Crippen LogP contribution in [0.5, 0.6) is 5.75 Å². The minimum Gasteiger partial charge on any atom is -0.496 e. The van der Waals surface area contributed by atoms with Gasteiger partial charge in [0.15, 0.2) is 0 Å². The van der Waals surface area contributed by atoms with E-state index in [9.17, 15) is 13.2 Å². The van der Waals surface area contributed by atoms with Gasteiger partial charge in [-0.3, -0.25) is 4.79 Å². The van der Waals surface area contributed by atoms with Crippen LogP contribution in [0.1, 0.15) is 24.8 Å². The average Bonchev–Trinajstić information content (AvgIpc) is 3.13.